The zero-order valence-electron chi connectivity index (χ0n) is 12.5. The predicted molar refractivity (Wildman–Crippen MR) is 83.5 cm³/mol. The maximum Gasteiger partial charge on any atom is 0.306 e. The fourth-order valence-corrected chi connectivity index (χ4v) is 3.42. The summed E-state index contributed by atoms with van der Waals surface area (Å²) in [6.07, 6.45) is 4.15. The van der Waals surface area contributed by atoms with Gasteiger partial charge in [-0.3, -0.25) is 9.69 Å². The molecule has 1 aromatic carbocycles. The fraction of sp³-hybridized carbons (Fsp3) is 0.588. The topological polar surface area (TPSA) is 43.8 Å². The Hall–Kier alpha value is -1.55. The molecule has 2 fully saturated rings. The Morgan fingerprint density at radius 2 is 1.86 bits per heavy atom. The van der Waals surface area contributed by atoms with Gasteiger partial charge in [0.2, 0.25) is 0 Å². The van der Waals surface area contributed by atoms with Crippen LogP contribution in [0.25, 0.3) is 0 Å². The van der Waals surface area contributed by atoms with E-state index in [-0.39, 0.29) is 5.92 Å². The molecule has 2 heterocycles. The van der Waals surface area contributed by atoms with Gasteiger partial charge in [0.15, 0.2) is 0 Å². The molecule has 4 nitrogen and oxygen atoms in total. The third-order valence-corrected chi connectivity index (χ3v) is 4.72. The molecular formula is C17H24N2O2. The van der Waals surface area contributed by atoms with Gasteiger partial charge in [-0.25, -0.2) is 0 Å². The first-order valence-corrected chi connectivity index (χ1v) is 8.01. The minimum absolute atomic E-state index is 0.141. The third-order valence-electron chi connectivity index (χ3n) is 4.72. The number of carboxylic acids is 1. The molecule has 21 heavy (non-hydrogen) atoms. The summed E-state index contributed by atoms with van der Waals surface area (Å²) in [5.74, 6) is -0.775. The number of carboxylic acid groups (broad SMARTS) is 1. The second-order valence-corrected chi connectivity index (χ2v) is 6.25. The van der Waals surface area contributed by atoms with E-state index < -0.39 is 5.97 Å². The van der Waals surface area contributed by atoms with Gasteiger partial charge in [-0.05, 0) is 56.5 Å². The Kier molecular flexibility index (Phi) is 4.44. The van der Waals surface area contributed by atoms with Crippen molar-refractivity contribution in [3.05, 3.63) is 29.8 Å². The van der Waals surface area contributed by atoms with E-state index in [0.717, 1.165) is 32.5 Å². The first-order chi connectivity index (χ1) is 10.2. The van der Waals surface area contributed by atoms with Gasteiger partial charge in [-0.2, -0.15) is 0 Å². The van der Waals surface area contributed by atoms with Crippen molar-refractivity contribution in [2.45, 2.75) is 32.2 Å². The minimum Gasteiger partial charge on any atom is -0.481 e. The third kappa shape index (κ3) is 3.56. The van der Waals surface area contributed by atoms with Crippen LogP contribution in [0, 0.1) is 5.92 Å². The van der Waals surface area contributed by atoms with E-state index in [1.54, 1.807) is 0 Å². The standard InChI is InChI=1S/C17H24N2O2/c20-17(21)15-6-10-18(11-7-15)13-14-4-3-5-16(12-14)19-8-1-2-9-19/h3-5,12,15H,1-2,6-11,13H2,(H,20,21). The highest BCUT2D eigenvalue weighted by Crippen LogP contribution is 2.23. The van der Waals surface area contributed by atoms with Gasteiger partial charge in [0.05, 0.1) is 5.92 Å². The van der Waals surface area contributed by atoms with Crippen molar-refractivity contribution >= 4 is 11.7 Å². The number of benzene rings is 1. The van der Waals surface area contributed by atoms with Crippen molar-refractivity contribution in [2.75, 3.05) is 31.1 Å². The van der Waals surface area contributed by atoms with Crippen molar-refractivity contribution in [3.8, 4) is 0 Å². The number of aliphatic carboxylic acids is 1. The number of likely N-dealkylation sites (tertiary alicyclic amines) is 1. The molecule has 0 saturated carbocycles. The molecule has 0 amide bonds. The molecule has 0 aliphatic carbocycles. The first-order valence-electron chi connectivity index (χ1n) is 8.01. The van der Waals surface area contributed by atoms with Gasteiger partial charge in [-0.1, -0.05) is 12.1 Å². The Balaban J connectivity index is 1.58. The number of anilines is 1. The maximum atomic E-state index is 11.0. The summed E-state index contributed by atoms with van der Waals surface area (Å²) in [7, 11) is 0. The molecule has 0 bridgehead atoms. The van der Waals surface area contributed by atoms with Crippen LogP contribution in [0.1, 0.15) is 31.2 Å². The second kappa shape index (κ2) is 6.48. The van der Waals surface area contributed by atoms with Crippen molar-refractivity contribution in [3.63, 3.8) is 0 Å². The van der Waals surface area contributed by atoms with Gasteiger partial charge in [0.25, 0.3) is 0 Å². The fourth-order valence-electron chi connectivity index (χ4n) is 3.42. The van der Waals surface area contributed by atoms with E-state index >= 15 is 0 Å². The molecule has 114 valence electrons. The second-order valence-electron chi connectivity index (χ2n) is 6.25. The smallest absolute Gasteiger partial charge is 0.306 e. The van der Waals surface area contributed by atoms with Gasteiger partial charge in [0.1, 0.15) is 0 Å². The van der Waals surface area contributed by atoms with Crippen LogP contribution in [0.5, 0.6) is 0 Å². The van der Waals surface area contributed by atoms with Crippen LogP contribution < -0.4 is 4.90 Å². The van der Waals surface area contributed by atoms with E-state index in [1.165, 1.54) is 37.2 Å². The van der Waals surface area contributed by atoms with E-state index in [9.17, 15) is 4.79 Å². The van der Waals surface area contributed by atoms with Gasteiger partial charge < -0.3 is 10.0 Å². The van der Waals surface area contributed by atoms with Crippen LogP contribution >= 0.6 is 0 Å². The molecule has 1 aromatic rings. The zero-order valence-corrected chi connectivity index (χ0v) is 12.5. The lowest BCUT2D eigenvalue weighted by molar-refractivity contribution is -0.143. The molecular weight excluding hydrogens is 264 g/mol. The van der Waals surface area contributed by atoms with Crippen LogP contribution in [0.4, 0.5) is 5.69 Å². The van der Waals surface area contributed by atoms with Crippen LogP contribution in [0.15, 0.2) is 24.3 Å². The number of nitrogens with zero attached hydrogens (tertiary/aromatic N) is 2. The van der Waals surface area contributed by atoms with Crippen molar-refractivity contribution in [1.82, 2.24) is 4.90 Å². The summed E-state index contributed by atoms with van der Waals surface area (Å²) in [5.41, 5.74) is 2.68. The lowest BCUT2D eigenvalue weighted by atomic mass is 9.97. The van der Waals surface area contributed by atoms with E-state index in [2.05, 4.69) is 34.1 Å². The monoisotopic (exact) mass is 288 g/mol. The van der Waals surface area contributed by atoms with E-state index in [1.807, 2.05) is 0 Å². The average molecular weight is 288 g/mol. The first kappa shape index (κ1) is 14.4. The predicted octanol–water partition coefficient (Wildman–Crippen LogP) is 2.58. The van der Waals surface area contributed by atoms with Crippen LogP contribution in [-0.4, -0.2) is 42.2 Å². The Labute approximate surface area is 126 Å². The summed E-state index contributed by atoms with van der Waals surface area (Å²) in [4.78, 5) is 15.8. The molecule has 2 saturated heterocycles. The molecule has 0 atom stereocenters. The SMILES string of the molecule is O=C(O)C1CCN(Cc2cccc(N3CCCC3)c2)CC1. The minimum atomic E-state index is -0.634. The molecule has 4 heteroatoms. The summed E-state index contributed by atoms with van der Waals surface area (Å²) >= 11 is 0. The molecule has 0 unspecified atom stereocenters. The van der Waals surface area contributed by atoms with Gasteiger partial charge >= 0.3 is 5.97 Å². The summed E-state index contributed by atoms with van der Waals surface area (Å²) in [6, 6.07) is 8.83. The largest absolute Gasteiger partial charge is 0.481 e. The highest BCUT2D eigenvalue weighted by molar-refractivity contribution is 5.70. The quantitative estimate of drug-likeness (QED) is 0.925. The van der Waals surface area contributed by atoms with E-state index in [4.69, 9.17) is 5.11 Å². The van der Waals surface area contributed by atoms with Crippen LogP contribution in [-0.2, 0) is 11.3 Å². The molecule has 3 rings (SSSR count). The normalized spacial score (nSPS) is 20.9. The highest BCUT2D eigenvalue weighted by Gasteiger charge is 2.24. The van der Waals surface area contributed by atoms with Crippen LogP contribution in [0.3, 0.4) is 0 Å². The molecule has 0 radical (unpaired) electrons. The molecule has 0 aromatic heterocycles. The average Bonchev–Trinajstić information content (AvgIpc) is 3.02. The lowest BCUT2D eigenvalue weighted by Gasteiger charge is -2.30. The van der Waals surface area contributed by atoms with Crippen molar-refractivity contribution in [2.24, 2.45) is 5.92 Å². The summed E-state index contributed by atoms with van der Waals surface area (Å²) in [5, 5.41) is 9.05. The van der Waals surface area contributed by atoms with Gasteiger partial charge in [-0.15, -0.1) is 0 Å². The number of carbonyl (C=O) groups is 1. The Bertz CT molecular complexity index is 489. The molecule has 2 aliphatic rings. The van der Waals surface area contributed by atoms with Crippen molar-refractivity contribution in [1.29, 1.82) is 0 Å². The molecule has 1 N–H and O–H groups in total. The van der Waals surface area contributed by atoms with E-state index in [0.29, 0.717) is 0 Å². The van der Waals surface area contributed by atoms with Gasteiger partial charge in [0, 0.05) is 25.3 Å². The Morgan fingerprint density at radius 1 is 1.14 bits per heavy atom. The molecule has 0 spiro atoms. The van der Waals surface area contributed by atoms with Crippen LogP contribution in [0.2, 0.25) is 0 Å². The lowest BCUT2D eigenvalue weighted by Crippen LogP contribution is -2.35. The maximum absolute atomic E-state index is 11.0. The number of rotatable bonds is 4. The number of piperidine rings is 1. The Morgan fingerprint density at radius 3 is 2.52 bits per heavy atom. The summed E-state index contributed by atoms with van der Waals surface area (Å²) in [6.45, 7) is 5.07. The zero-order chi connectivity index (χ0) is 14.7. The molecule has 2 aliphatic heterocycles. The summed E-state index contributed by atoms with van der Waals surface area (Å²) < 4.78 is 0. The highest BCUT2D eigenvalue weighted by atomic mass is 16.4. The number of hydrogen-bond donors (Lipinski definition) is 1. The van der Waals surface area contributed by atoms with Crippen molar-refractivity contribution < 1.29 is 9.90 Å². The number of hydrogen-bond acceptors (Lipinski definition) is 3.